The maximum Gasteiger partial charge on any atom is 0.263 e. The van der Waals surface area contributed by atoms with Crippen LogP contribution in [0.5, 0.6) is 5.75 Å². The van der Waals surface area contributed by atoms with Gasteiger partial charge in [0.15, 0.2) is 6.10 Å². The molecule has 0 unspecified atom stereocenters. The second-order valence-electron chi connectivity index (χ2n) is 6.97. The van der Waals surface area contributed by atoms with E-state index in [-0.39, 0.29) is 24.4 Å². The van der Waals surface area contributed by atoms with Crippen LogP contribution in [0.1, 0.15) is 26.7 Å². The number of para-hydroxylation sites is 2. The van der Waals surface area contributed by atoms with Gasteiger partial charge in [-0.2, -0.15) is 0 Å². The van der Waals surface area contributed by atoms with Gasteiger partial charge in [-0.1, -0.05) is 26.0 Å². The van der Waals surface area contributed by atoms with Gasteiger partial charge in [-0.25, -0.2) is 0 Å². The Morgan fingerprint density at radius 1 is 1.19 bits per heavy atom. The number of hydrogen-bond acceptors (Lipinski definition) is 5. The maximum atomic E-state index is 12.7. The van der Waals surface area contributed by atoms with Gasteiger partial charge in [0.2, 0.25) is 5.91 Å². The van der Waals surface area contributed by atoms with Crippen molar-refractivity contribution in [2.75, 3.05) is 44.3 Å². The first-order valence-electron chi connectivity index (χ1n) is 9.78. The second kappa shape index (κ2) is 9.08. The summed E-state index contributed by atoms with van der Waals surface area (Å²) in [4.78, 5) is 29.2. The number of hydrogen-bond donors (Lipinski definition) is 1. The Morgan fingerprint density at radius 3 is 2.59 bits per heavy atom. The third kappa shape index (κ3) is 4.71. The molecule has 2 amide bonds. The molecule has 27 heavy (non-hydrogen) atoms. The standard InChI is InChI=1S/C20H29N3O4/c1-3-15(4-2)21-20(25)18-13-23(16-7-5-6-8-17(16)27-18)14-19(24)22-9-11-26-12-10-22/h5-8,15,18H,3-4,9-14H2,1-2H3,(H,21,25)/t18-/m0/s1. The monoisotopic (exact) mass is 375 g/mol. The number of carbonyl (C=O) groups excluding carboxylic acids is 2. The lowest BCUT2D eigenvalue weighted by molar-refractivity contribution is -0.134. The molecule has 2 aliphatic heterocycles. The molecule has 2 heterocycles. The van der Waals surface area contributed by atoms with Gasteiger partial charge in [-0.05, 0) is 25.0 Å². The third-order valence-corrected chi connectivity index (χ3v) is 5.18. The molecule has 1 N–H and O–H groups in total. The topological polar surface area (TPSA) is 71.1 Å². The highest BCUT2D eigenvalue weighted by Gasteiger charge is 2.33. The lowest BCUT2D eigenvalue weighted by Crippen LogP contribution is -2.53. The number of carbonyl (C=O) groups is 2. The molecule has 0 spiro atoms. The molecule has 148 valence electrons. The molecule has 1 aromatic rings. The zero-order valence-electron chi connectivity index (χ0n) is 16.1. The zero-order valence-corrected chi connectivity index (χ0v) is 16.1. The highest BCUT2D eigenvalue weighted by atomic mass is 16.5. The summed E-state index contributed by atoms with van der Waals surface area (Å²) < 4.78 is 11.3. The lowest BCUT2D eigenvalue weighted by Gasteiger charge is -2.37. The normalized spacial score (nSPS) is 19.4. The average Bonchev–Trinajstić information content (AvgIpc) is 2.72. The van der Waals surface area contributed by atoms with Crippen molar-refractivity contribution in [3.8, 4) is 5.75 Å². The Hall–Kier alpha value is -2.28. The van der Waals surface area contributed by atoms with E-state index in [0.29, 0.717) is 38.6 Å². The van der Waals surface area contributed by atoms with Crippen LogP contribution in [0, 0.1) is 0 Å². The van der Waals surface area contributed by atoms with Crippen LogP contribution >= 0.6 is 0 Å². The van der Waals surface area contributed by atoms with Crippen molar-refractivity contribution in [2.45, 2.75) is 38.8 Å². The van der Waals surface area contributed by atoms with Crippen LogP contribution in [0.3, 0.4) is 0 Å². The molecule has 7 nitrogen and oxygen atoms in total. The SMILES string of the molecule is CCC(CC)NC(=O)[C@@H]1CN(CC(=O)N2CCOCC2)c2ccccc2O1. The van der Waals surface area contributed by atoms with E-state index in [4.69, 9.17) is 9.47 Å². The van der Waals surface area contributed by atoms with Crippen LogP contribution in [0.25, 0.3) is 0 Å². The smallest absolute Gasteiger partial charge is 0.263 e. The van der Waals surface area contributed by atoms with Gasteiger partial charge in [0.25, 0.3) is 5.91 Å². The summed E-state index contributed by atoms with van der Waals surface area (Å²) in [7, 11) is 0. The number of morpholine rings is 1. The fourth-order valence-electron chi connectivity index (χ4n) is 3.46. The van der Waals surface area contributed by atoms with Crippen LogP contribution < -0.4 is 15.0 Å². The highest BCUT2D eigenvalue weighted by molar-refractivity contribution is 5.86. The molecule has 1 aromatic carbocycles. The molecule has 0 radical (unpaired) electrons. The van der Waals surface area contributed by atoms with Crippen molar-refractivity contribution in [3.63, 3.8) is 0 Å². The Morgan fingerprint density at radius 2 is 1.89 bits per heavy atom. The summed E-state index contributed by atoms with van der Waals surface area (Å²) >= 11 is 0. The molecule has 0 bridgehead atoms. The largest absolute Gasteiger partial charge is 0.477 e. The van der Waals surface area contributed by atoms with Crippen molar-refractivity contribution < 1.29 is 19.1 Å². The van der Waals surface area contributed by atoms with Crippen molar-refractivity contribution in [1.29, 1.82) is 0 Å². The summed E-state index contributed by atoms with van der Waals surface area (Å²) in [6.07, 6.45) is 1.13. The molecule has 0 saturated carbocycles. The Labute approximate surface area is 160 Å². The van der Waals surface area contributed by atoms with Crippen LogP contribution in [-0.4, -0.2) is 68.3 Å². The molecular formula is C20H29N3O4. The second-order valence-corrected chi connectivity index (χ2v) is 6.97. The van der Waals surface area contributed by atoms with E-state index in [2.05, 4.69) is 19.2 Å². The number of fused-ring (bicyclic) bond motifs is 1. The predicted octanol–water partition coefficient (Wildman–Crippen LogP) is 1.42. The summed E-state index contributed by atoms with van der Waals surface area (Å²) in [6, 6.07) is 7.71. The Kier molecular flexibility index (Phi) is 6.55. The summed E-state index contributed by atoms with van der Waals surface area (Å²) in [5.74, 6) is 0.569. The number of benzene rings is 1. The number of anilines is 1. The maximum absolute atomic E-state index is 12.7. The van der Waals surface area contributed by atoms with Crippen LogP contribution in [-0.2, 0) is 14.3 Å². The molecule has 7 heteroatoms. The number of rotatable bonds is 6. The first-order chi connectivity index (χ1) is 13.1. The van der Waals surface area contributed by atoms with Crippen molar-refractivity contribution >= 4 is 17.5 Å². The highest BCUT2D eigenvalue weighted by Crippen LogP contribution is 2.33. The van der Waals surface area contributed by atoms with Crippen molar-refractivity contribution in [1.82, 2.24) is 10.2 Å². The van der Waals surface area contributed by atoms with Gasteiger partial charge in [-0.3, -0.25) is 9.59 Å². The van der Waals surface area contributed by atoms with E-state index in [0.717, 1.165) is 18.5 Å². The molecule has 3 rings (SSSR count). The van der Waals surface area contributed by atoms with E-state index in [9.17, 15) is 9.59 Å². The van der Waals surface area contributed by atoms with E-state index in [1.807, 2.05) is 34.1 Å². The van der Waals surface area contributed by atoms with Crippen LogP contribution in [0.4, 0.5) is 5.69 Å². The van der Waals surface area contributed by atoms with Gasteiger partial charge < -0.3 is 24.6 Å². The minimum Gasteiger partial charge on any atom is -0.477 e. The average molecular weight is 375 g/mol. The minimum atomic E-state index is -0.627. The fraction of sp³-hybridized carbons (Fsp3) is 0.600. The Balaban J connectivity index is 1.72. The summed E-state index contributed by atoms with van der Waals surface area (Å²) in [5, 5.41) is 3.05. The lowest BCUT2D eigenvalue weighted by atomic mass is 10.1. The molecular weight excluding hydrogens is 346 g/mol. The number of amides is 2. The zero-order chi connectivity index (χ0) is 19.2. The quantitative estimate of drug-likeness (QED) is 0.814. The van der Waals surface area contributed by atoms with Gasteiger partial charge in [0, 0.05) is 19.1 Å². The Bertz CT molecular complexity index is 656. The van der Waals surface area contributed by atoms with E-state index >= 15 is 0 Å². The minimum absolute atomic E-state index is 0.0501. The summed E-state index contributed by atoms with van der Waals surface area (Å²) in [6.45, 7) is 7.08. The van der Waals surface area contributed by atoms with E-state index in [1.165, 1.54) is 0 Å². The van der Waals surface area contributed by atoms with Gasteiger partial charge in [0.05, 0.1) is 32.0 Å². The van der Waals surface area contributed by atoms with Crippen LogP contribution in [0.15, 0.2) is 24.3 Å². The predicted molar refractivity (Wildman–Crippen MR) is 103 cm³/mol. The first kappa shape index (κ1) is 19.5. The van der Waals surface area contributed by atoms with Crippen molar-refractivity contribution in [2.24, 2.45) is 0 Å². The number of nitrogens with zero attached hydrogens (tertiary/aromatic N) is 2. The first-order valence-corrected chi connectivity index (χ1v) is 9.78. The molecule has 2 aliphatic rings. The third-order valence-electron chi connectivity index (χ3n) is 5.18. The van der Waals surface area contributed by atoms with Gasteiger partial charge >= 0.3 is 0 Å². The molecule has 1 fully saturated rings. The molecule has 0 aromatic heterocycles. The molecule has 1 atom stereocenters. The number of ether oxygens (including phenoxy) is 2. The van der Waals surface area contributed by atoms with Gasteiger partial charge in [0.1, 0.15) is 5.75 Å². The summed E-state index contributed by atoms with van der Waals surface area (Å²) in [5.41, 5.74) is 0.852. The number of nitrogens with one attached hydrogen (secondary N) is 1. The fourth-order valence-corrected chi connectivity index (χ4v) is 3.46. The van der Waals surface area contributed by atoms with E-state index < -0.39 is 6.10 Å². The van der Waals surface area contributed by atoms with Gasteiger partial charge in [-0.15, -0.1) is 0 Å². The van der Waals surface area contributed by atoms with E-state index in [1.54, 1.807) is 0 Å². The molecule has 1 saturated heterocycles. The van der Waals surface area contributed by atoms with Crippen LogP contribution in [0.2, 0.25) is 0 Å². The van der Waals surface area contributed by atoms with Crippen molar-refractivity contribution in [3.05, 3.63) is 24.3 Å². The molecule has 0 aliphatic carbocycles.